The summed E-state index contributed by atoms with van der Waals surface area (Å²) in [6.07, 6.45) is -4.37. The lowest BCUT2D eigenvalue weighted by molar-refractivity contribution is -0.137. The van der Waals surface area contributed by atoms with Crippen molar-refractivity contribution in [2.75, 3.05) is 36.0 Å². The van der Waals surface area contributed by atoms with Gasteiger partial charge >= 0.3 is 6.18 Å². The van der Waals surface area contributed by atoms with Crippen LogP contribution < -0.4 is 9.80 Å². The average Bonchev–Trinajstić information content (AvgIpc) is 3.02. The highest BCUT2D eigenvalue weighted by atomic mass is 35.5. The highest BCUT2D eigenvalue weighted by Gasteiger charge is 2.44. The minimum atomic E-state index is -4.40. The van der Waals surface area contributed by atoms with Crippen molar-refractivity contribution in [3.8, 4) is 0 Å². The van der Waals surface area contributed by atoms with Crippen LogP contribution in [0.15, 0.2) is 42.5 Å². The van der Waals surface area contributed by atoms with E-state index in [1.165, 1.54) is 18.2 Å². The molecule has 5 nitrogen and oxygen atoms in total. The average molecular weight is 472 g/mol. The second-order valence-corrected chi connectivity index (χ2v) is 8.30. The van der Waals surface area contributed by atoms with Gasteiger partial charge in [0.15, 0.2) is 0 Å². The fourth-order valence-corrected chi connectivity index (χ4v) is 4.48. The molecule has 2 fully saturated rings. The first-order valence-electron chi connectivity index (χ1n) is 9.63. The first-order valence-corrected chi connectivity index (χ1v) is 10.4. The third-order valence-corrected chi connectivity index (χ3v) is 6.10. The Labute approximate surface area is 186 Å². The molecule has 0 aromatic heterocycles. The van der Waals surface area contributed by atoms with Gasteiger partial charge in [-0.05, 0) is 36.4 Å². The van der Waals surface area contributed by atoms with Gasteiger partial charge < -0.3 is 4.90 Å². The zero-order valence-corrected chi connectivity index (χ0v) is 17.7. The molecule has 1 atom stereocenters. The summed E-state index contributed by atoms with van der Waals surface area (Å²) in [4.78, 5) is 30.4. The van der Waals surface area contributed by atoms with Gasteiger partial charge in [0.2, 0.25) is 5.91 Å². The number of benzene rings is 2. The van der Waals surface area contributed by atoms with E-state index in [4.69, 9.17) is 23.2 Å². The summed E-state index contributed by atoms with van der Waals surface area (Å²) in [5.74, 6) is -0.707. The van der Waals surface area contributed by atoms with Crippen LogP contribution in [0, 0.1) is 0 Å². The number of piperazine rings is 1. The van der Waals surface area contributed by atoms with E-state index in [0.29, 0.717) is 42.6 Å². The number of hydrogen-bond acceptors (Lipinski definition) is 4. The lowest BCUT2D eigenvalue weighted by Crippen LogP contribution is -2.52. The molecule has 2 aromatic carbocycles. The van der Waals surface area contributed by atoms with Crippen molar-refractivity contribution in [3.05, 3.63) is 58.1 Å². The van der Waals surface area contributed by atoms with Gasteiger partial charge in [-0.25, -0.2) is 4.90 Å². The normalized spacial score (nSPS) is 20.6. The van der Waals surface area contributed by atoms with Crippen LogP contribution in [0.4, 0.5) is 24.5 Å². The molecule has 2 aromatic rings. The molecule has 2 saturated heterocycles. The highest BCUT2D eigenvalue weighted by molar-refractivity contribution is 6.38. The molecule has 0 unspecified atom stereocenters. The maximum absolute atomic E-state index is 13.0. The van der Waals surface area contributed by atoms with E-state index < -0.39 is 17.8 Å². The van der Waals surface area contributed by atoms with E-state index in [-0.39, 0.29) is 23.3 Å². The smallest absolute Gasteiger partial charge is 0.369 e. The van der Waals surface area contributed by atoms with Crippen molar-refractivity contribution in [2.45, 2.75) is 18.6 Å². The summed E-state index contributed by atoms with van der Waals surface area (Å²) in [5.41, 5.74) is 0.0866. The third-order valence-electron chi connectivity index (χ3n) is 5.57. The van der Waals surface area contributed by atoms with Gasteiger partial charge in [-0.3, -0.25) is 14.5 Å². The molecule has 2 aliphatic rings. The Kier molecular flexibility index (Phi) is 5.89. The van der Waals surface area contributed by atoms with Crippen molar-refractivity contribution >= 4 is 46.4 Å². The largest absolute Gasteiger partial charge is 0.416 e. The molecule has 31 heavy (non-hydrogen) atoms. The summed E-state index contributed by atoms with van der Waals surface area (Å²) in [5, 5.41) is 0.610. The molecule has 4 rings (SSSR count). The lowest BCUT2D eigenvalue weighted by atomic mass is 10.1. The maximum atomic E-state index is 13.0. The summed E-state index contributed by atoms with van der Waals surface area (Å²) < 4.78 is 39.0. The monoisotopic (exact) mass is 471 g/mol. The number of carbonyl (C=O) groups excluding carboxylic acids is 2. The van der Waals surface area contributed by atoms with Crippen LogP contribution in [0.2, 0.25) is 10.0 Å². The van der Waals surface area contributed by atoms with Crippen molar-refractivity contribution in [2.24, 2.45) is 0 Å². The molecule has 2 aliphatic heterocycles. The fourth-order valence-electron chi connectivity index (χ4n) is 3.99. The number of anilines is 2. The zero-order chi connectivity index (χ0) is 22.3. The van der Waals surface area contributed by atoms with Crippen molar-refractivity contribution in [1.29, 1.82) is 0 Å². The van der Waals surface area contributed by atoms with Gasteiger partial charge in [-0.1, -0.05) is 29.3 Å². The minimum absolute atomic E-state index is 0.0291. The molecule has 0 bridgehead atoms. The number of alkyl halides is 3. The molecular formula is C21H18Cl2F3N3O2. The first kappa shape index (κ1) is 21.9. The van der Waals surface area contributed by atoms with Crippen LogP contribution >= 0.6 is 23.2 Å². The predicted octanol–water partition coefficient (Wildman–Crippen LogP) is 4.47. The Hall–Kier alpha value is -2.29. The van der Waals surface area contributed by atoms with Gasteiger partial charge in [-0.15, -0.1) is 0 Å². The lowest BCUT2D eigenvalue weighted by Gasteiger charge is -2.38. The molecule has 164 valence electrons. The molecule has 0 saturated carbocycles. The van der Waals surface area contributed by atoms with Gasteiger partial charge in [-0.2, -0.15) is 13.2 Å². The van der Waals surface area contributed by atoms with E-state index in [9.17, 15) is 22.8 Å². The van der Waals surface area contributed by atoms with E-state index >= 15 is 0 Å². The molecule has 0 spiro atoms. The molecule has 10 heteroatoms. The maximum Gasteiger partial charge on any atom is 0.416 e. The van der Waals surface area contributed by atoms with Crippen LogP contribution in [0.3, 0.4) is 0 Å². The van der Waals surface area contributed by atoms with E-state index in [0.717, 1.165) is 17.0 Å². The van der Waals surface area contributed by atoms with Crippen LogP contribution in [0.1, 0.15) is 12.0 Å². The quantitative estimate of drug-likeness (QED) is 0.619. The van der Waals surface area contributed by atoms with Crippen LogP contribution in [0.5, 0.6) is 0 Å². The first-order chi connectivity index (χ1) is 14.6. The predicted molar refractivity (Wildman–Crippen MR) is 113 cm³/mol. The molecule has 0 radical (unpaired) electrons. The molecule has 0 aliphatic carbocycles. The summed E-state index contributed by atoms with van der Waals surface area (Å²) in [6, 6.07) is 9.14. The van der Waals surface area contributed by atoms with E-state index in [1.807, 2.05) is 9.80 Å². The van der Waals surface area contributed by atoms with Crippen LogP contribution in [0.25, 0.3) is 0 Å². The molecule has 0 N–H and O–H groups in total. The molecular weight excluding hydrogens is 454 g/mol. The summed E-state index contributed by atoms with van der Waals surface area (Å²) >= 11 is 12.1. The Balaban J connectivity index is 1.45. The molecule has 2 amide bonds. The fraction of sp³-hybridized carbons (Fsp3) is 0.333. The van der Waals surface area contributed by atoms with Crippen molar-refractivity contribution < 1.29 is 22.8 Å². The third kappa shape index (κ3) is 4.37. The number of imide groups is 1. The number of rotatable bonds is 3. The SMILES string of the molecule is O=C1C[C@H](N2CCN(c3cccc(C(F)(F)F)c3)CC2)C(=O)N1c1ccc(Cl)cc1Cl. The second-order valence-electron chi connectivity index (χ2n) is 7.45. The van der Waals surface area contributed by atoms with E-state index in [2.05, 4.69) is 0 Å². The number of carbonyl (C=O) groups is 2. The van der Waals surface area contributed by atoms with Gasteiger partial charge in [0, 0.05) is 36.9 Å². The van der Waals surface area contributed by atoms with Crippen molar-refractivity contribution in [1.82, 2.24) is 4.90 Å². The topological polar surface area (TPSA) is 43.9 Å². The van der Waals surface area contributed by atoms with Crippen LogP contribution in [-0.4, -0.2) is 48.9 Å². The second kappa shape index (κ2) is 8.33. The number of halogens is 5. The van der Waals surface area contributed by atoms with Crippen LogP contribution in [-0.2, 0) is 15.8 Å². The number of nitrogens with zero attached hydrogens (tertiary/aromatic N) is 3. The Morgan fingerprint density at radius 3 is 2.29 bits per heavy atom. The van der Waals surface area contributed by atoms with E-state index in [1.54, 1.807) is 12.1 Å². The minimum Gasteiger partial charge on any atom is -0.369 e. The Bertz CT molecular complexity index is 1020. The number of hydrogen-bond donors (Lipinski definition) is 0. The Morgan fingerprint density at radius 1 is 0.935 bits per heavy atom. The number of amides is 2. The summed E-state index contributed by atoms with van der Waals surface area (Å²) in [6.45, 7) is 1.78. The Morgan fingerprint density at radius 2 is 1.65 bits per heavy atom. The van der Waals surface area contributed by atoms with Gasteiger partial charge in [0.05, 0.1) is 28.7 Å². The van der Waals surface area contributed by atoms with Gasteiger partial charge in [0.25, 0.3) is 5.91 Å². The zero-order valence-electron chi connectivity index (χ0n) is 16.2. The molecule has 2 heterocycles. The standard InChI is InChI=1S/C21H18Cl2F3N3O2/c22-14-4-5-17(16(23)11-14)29-19(30)12-18(20(29)31)28-8-6-27(7-9-28)15-3-1-2-13(10-15)21(24,25)26/h1-5,10-11,18H,6-9,12H2/t18-/m0/s1. The highest BCUT2D eigenvalue weighted by Crippen LogP contribution is 2.34. The summed E-state index contributed by atoms with van der Waals surface area (Å²) in [7, 11) is 0. The van der Waals surface area contributed by atoms with Crippen molar-refractivity contribution in [3.63, 3.8) is 0 Å². The van der Waals surface area contributed by atoms with Gasteiger partial charge in [0.1, 0.15) is 0 Å².